The van der Waals surface area contributed by atoms with E-state index < -0.39 is 10.8 Å². The highest BCUT2D eigenvalue weighted by Gasteiger charge is 2.42. The number of hydrogen-bond donors (Lipinski definition) is 1. The number of nitrogens with zero attached hydrogens (tertiary/aromatic N) is 2. The van der Waals surface area contributed by atoms with Gasteiger partial charge in [-0.2, -0.15) is 0 Å². The number of methoxy groups -OCH3 is 1. The fourth-order valence-corrected chi connectivity index (χ4v) is 6.07. The number of fused-ring (bicyclic) bond motifs is 5. The van der Waals surface area contributed by atoms with Crippen molar-refractivity contribution in [2.75, 3.05) is 37.0 Å². The molecule has 1 saturated heterocycles. The van der Waals surface area contributed by atoms with Crippen molar-refractivity contribution >= 4 is 28.1 Å². The van der Waals surface area contributed by atoms with Crippen LogP contribution in [0, 0.1) is 0 Å². The van der Waals surface area contributed by atoms with Crippen LogP contribution in [0.2, 0.25) is 0 Å². The summed E-state index contributed by atoms with van der Waals surface area (Å²) in [5, 5.41) is 3.51. The molecule has 2 aromatic rings. The van der Waals surface area contributed by atoms with Gasteiger partial charge in [0.05, 0.1) is 19.0 Å². The van der Waals surface area contributed by atoms with Crippen LogP contribution in [0.15, 0.2) is 30.5 Å². The summed E-state index contributed by atoms with van der Waals surface area (Å²) in [7, 11) is 0.862. The monoisotopic (exact) mass is 411 g/mol. The van der Waals surface area contributed by atoms with Gasteiger partial charge in [-0.15, -0.1) is 0 Å². The molecule has 1 amide bonds. The van der Waals surface area contributed by atoms with E-state index in [0.717, 1.165) is 35.5 Å². The molecule has 29 heavy (non-hydrogen) atoms. The fourth-order valence-electron chi connectivity index (χ4n) is 5.02. The first-order chi connectivity index (χ1) is 14.1. The molecule has 152 valence electrons. The zero-order valence-electron chi connectivity index (χ0n) is 16.5. The third-order valence-electron chi connectivity index (χ3n) is 6.42. The van der Waals surface area contributed by atoms with Gasteiger partial charge in [0, 0.05) is 47.1 Å². The zero-order valence-corrected chi connectivity index (χ0v) is 17.3. The van der Waals surface area contributed by atoms with Crippen LogP contribution in [0.25, 0.3) is 0 Å². The van der Waals surface area contributed by atoms with Crippen molar-refractivity contribution in [1.29, 1.82) is 0 Å². The van der Waals surface area contributed by atoms with E-state index in [-0.39, 0.29) is 5.91 Å². The highest BCUT2D eigenvalue weighted by atomic mass is 32.2. The Morgan fingerprint density at radius 1 is 1.21 bits per heavy atom. The molecule has 2 aliphatic carbocycles. The molecule has 1 N–H and O–H groups in total. The van der Waals surface area contributed by atoms with Crippen LogP contribution in [0.4, 0.5) is 11.4 Å². The zero-order chi connectivity index (χ0) is 20.0. The van der Waals surface area contributed by atoms with Crippen molar-refractivity contribution in [1.82, 2.24) is 9.88 Å². The van der Waals surface area contributed by atoms with Crippen LogP contribution in [0.3, 0.4) is 0 Å². The lowest BCUT2D eigenvalue weighted by Gasteiger charge is -2.28. The maximum absolute atomic E-state index is 13.2. The quantitative estimate of drug-likeness (QED) is 0.835. The minimum Gasteiger partial charge on any atom is -0.497 e. The van der Waals surface area contributed by atoms with Crippen molar-refractivity contribution < 1.29 is 13.7 Å². The van der Waals surface area contributed by atoms with Crippen molar-refractivity contribution in [3.8, 4) is 5.75 Å². The third kappa shape index (κ3) is 3.31. The molecule has 1 aromatic heterocycles. The summed E-state index contributed by atoms with van der Waals surface area (Å²) in [6.45, 7) is 1.11. The minimum atomic E-state index is -0.798. The predicted molar refractivity (Wildman–Crippen MR) is 114 cm³/mol. The van der Waals surface area contributed by atoms with Crippen molar-refractivity contribution in [3.05, 3.63) is 47.3 Å². The van der Waals surface area contributed by atoms with Crippen LogP contribution in [-0.4, -0.2) is 51.7 Å². The molecule has 3 aliphatic rings. The first-order valence-corrected chi connectivity index (χ1v) is 11.7. The lowest BCUT2D eigenvalue weighted by molar-refractivity contribution is 0.0763. The van der Waals surface area contributed by atoms with Crippen LogP contribution < -0.4 is 10.1 Å². The highest BCUT2D eigenvalue weighted by Crippen LogP contribution is 2.56. The van der Waals surface area contributed by atoms with E-state index in [4.69, 9.17) is 4.74 Å². The Morgan fingerprint density at radius 2 is 1.97 bits per heavy atom. The Bertz CT molecular complexity index is 983. The van der Waals surface area contributed by atoms with Crippen molar-refractivity contribution in [2.24, 2.45) is 0 Å². The van der Waals surface area contributed by atoms with Gasteiger partial charge >= 0.3 is 0 Å². The van der Waals surface area contributed by atoms with E-state index in [9.17, 15) is 9.00 Å². The molecule has 1 saturated carbocycles. The molecular weight excluding hydrogens is 386 g/mol. The number of carbonyl (C=O) groups excluding carboxylic acids is 1. The summed E-state index contributed by atoms with van der Waals surface area (Å²) in [6.07, 6.45) is 5.23. The second-order valence-corrected chi connectivity index (χ2v) is 9.75. The SMILES string of the molecule is COc1cccc(Nc2cnc(C(=O)N3CCS(=O)CC3)c3c2C2CCC3C2)c1. The number of pyridine rings is 1. The molecule has 0 radical (unpaired) electrons. The van der Waals surface area contributed by atoms with Crippen LogP contribution in [0.5, 0.6) is 5.75 Å². The number of amides is 1. The minimum absolute atomic E-state index is 0.00145. The summed E-state index contributed by atoms with van der Waals surface area (Å²) in [6, 6.07) is 7.85. The molecule has 2 heterocycles. The Morgan fingerprint density at radius 3 is 2.72 bits per heavy atom. The second-order valence-electron chi connectivity index (χ2n) is 8.05. The number of benzene rings is 1. The van der Waals surface area contributed by atoms with Gasteiger partial charge in [0.25, 0.3) is 5.91 Å². The van der Waals surface area contributed by atoms with Gasteiger partial charge < -0.3 is 15.0 Å². The fraction of sp³-hybridized carbons (Fsp3) is 0.455. The van der Waals surface area contributed by atoms with Gasteiger partial charge in [-0.3, -0.25) is 9.00 Å². The van der Waals surface area contributed by atoms with Crippen LogP contribution in [0.1, 0.15) is 52.7 Å². The first kappa shape index (κ1) is 18.6. The van der Waals surface area contributed by atoms with E-state index in [2.05, 4.69) is 10.3 Å². The summed E-state index contributed by atoms with van der Waals surface area (Å²) in [4.78, 5) is 19.7. The van der Waals surface area contributed by atoms with E-state index >= 15 is 0 Å². The summed E-state index contributed by atoms with van der Waals surface area (Å²) < 4.78 is 17.0. The summed E-state index contributed by atoms with van der Waals surface area (Å²) in [5.41, 5.74) is 4.97. The molecule has 1 aromatic carbocycles. The van der Waals surface area contributed by atoms with Crippen LogP contribution in [-0.2, 0) is 10.8 Å². The maximum atomic E-state index is 13.2. The molecule has 5 rings (SSSR count). The van der Waals surface area contributed by atoms with Crippen molar-refractivity contribution in [3.63, 3.8) is 0 Å². The van der Waals surface area contributed by atoms with E-state index in [1.165, 1.54) is 12.0 Å². The molecule has 0 spiro atoms. The normalized spacial score (nSPS) is 23.1. The number of hydrogen-bond acceptors (Lipinski definition) is 5. The molecule has 2 fully saturated rings. The Balaban J connectivity index is 1.49. The number of anilines is 2. The summed E-state index contributed by atoms with van der Waals surface area (Å²) in [5.74, 6) is 2.85. The highest BCUT2D eigenvalue weighted by molar-refractivity contribution is 7.85. The largest absolute Gasteiger partial charge is 0.497 e. The smallest absolute Gasteiger partial charge is 0.272 e. The molecule has 6 nitrogen and oxygen atoms in total. The first-order valence-electron chi connectivity index (χ1n) is 10.2. The topological polar surface area (TPSA) is 71.5 Å². The molecule has 2 atom stereocenters. The molecular formula is C22H25N3O3S. The van der Waals surface area contributed by atoms with E-state index in [0.29, 0.717) is 42.1 Å². The summed E-state index contributed by atoms with van der Waals surface area (Å²) >= 11 is 0. The average Bonchev–Trinajstić information content (AvgIpc) is 3.37. The Hall–Kier alpha value is -2.41. The molecule has 1 aliphatic heterocycles. The number of aromatic nitrogens is 1. The number of rotatable bonds is 4. The van der Waals surface area contributed by atoms with Gasteiger partial charge in [-0.1, -0.05) is 6.07 Å². The number of carbonyl (C=O) groups is 1. The van der Waals surface area contributed by atoms with E-state index in [1.807, 2.05) is 35.4 Å². The van der Waals surface area contributed by atoms with Crippen molar-refractivity contribution in [2.45, 2.75) is 31.1 Å². The van der Waals surface area contributed by atoms with Gasteiger partial charge in [0.1, 0.15) is 11.4 Å². The maximum Gasteiger partial charge on any atom is 0.272 e. The molecule has 2 unspecified atom stereocenters. The number of nitrogens with one attached hydrogen (secondary N) is 1. The lowest BCUT2D eigenvalue weighted by atomic mass is 9.89. The van der Waals surface area contributed by atoms with Crippen LogP contribution >= 0.6 is 0 Å². The third-order valence-corrected chi connectivity index (χ3v) is 7.70. The predicted octanol–water partition coefficient (Wildman–Crippen LogP) is 3.40. The molecule has 2 bridgehead atoms. The lowest BCUT2D eigenvalue weighted by Crippen LogP contribution is -2.42. The Kier molecular flexibility index (Phi) is 4.78. The van der Waals surface area contributed by atoms with Gasteiger partial charge in [0.2, 0.25) is 0 Å². The standard InChI is InChI=1S/C22H25N3O3S/c1-28-17-4-2-3-16(12-17)24-18-13-23-21(20-15-6-5-14(11-15)19(18)20)22(26)25-7-9-29(27)10-8-25/h2-4,12-15,24H,5-11H2,1H3. The Labute approximate surface area is 173 Å². The average molecular weight is 412 g/mol. The molecule has 7 heteroatoms. The second kappa shape index (κ2) is 7.44. The van der Waals surface area contributed by atoms with E-state index in [1.54, 1.807) is 7.11 Å². The van der Waals surface area contributed by atoms with Gasteiger partial charge in [-0.05, 0) is 54.4 Å². The number of ether oxygens (including phenoxy) is 1. The van der Waals surface area contributed by atoms with Gasteiger partial charge in [-0.25, -0.2) is 4.98 Å². The van der Waals surface area contributed by atoms with Gasteiger partial charge in [0.15, 0.2) is 0 Å².